The lowest BCUT2D eigenvalue weighted by Gasteiger charge is -2.44. The van der Waals surface area contributed by atoms with Crippen LogP contribution in [0, 0.1) is 0 Å². The Morgan fingerprint density at radius 2 is 1.46 bits per heavy atom. The third-order valence-electron chi connectivity index (χ3n) is 6.49. The molecule has 0 radical (unpaired) electrons. The van der Waals surface area contributed by atoms with E-state index in [1.165, 1.54) is 22.3 Å². The molecule has 0 aromatic heterocycles. The van der Waals surface area contributed by atoms with Crippen molar-refractivity contribution in [1.29, 1.82) is 0 Å². The molecule has 4 heteroatoms. The molecule has 3 aromatic rings. The van der Waals surface area contributed by atoms with Crippen LogP contribution in [0.25, 0.3) is 16.7 Å². The fourth-order valence-corrected chi connectivity index (χ4v) is 4.69. The predicted molar refractivity (Wildman–Crippen MR) is 160 cm³/mol. The molecule has 0 fully saturated rings. The summed E-state index contributed by atoms with van der Waals surface area (Å²) >= 11 is 0. The van der Waals surface area contributed by atoms with Crippen LogP contribution in [0.1, 0.15) is 33.3 Å². The van der Waals surface area contributed by atoms with Crippen molar-refractivity contribution >= 4 is 22.8 Å². The van der Waals surface area contributed by atoms with Gasteiger partial charge in [0.05, 0.1) is 5.69 Å². The zero-order chi connectivity index (χ0) is 26.2. The van der Waals surface area contributed by atoms with Crippen molar-refractivity contribution in [3.8, 4) is 11.1 Å². The van der Waals surface area contributed by atoms with Crippen LogP contribution in [0.2, 0.25) is 0 Å². The molecule has 4 nitrogen and oxygen atoms in total. The van der Waals surface area contributed by atoms with Gasteiger partial charge < -0.3 is 4.90 Å². The Labute approximate surface area is 221 Å². The minimum Gasteiger partial charge on any atom is -0.308 e. The number of amidine groups is 1. The molecule has 4 rings (SSSR count). The van der Waals surface area contributed by atoms with Crippen molar-refractivity contribution < 1.29 is 0 Å². The standard InChI is InChI=1S/C33H36N4/c1-6-8-13-28(12-7-2)30-18-22-33(23-19-30)37-27(4)36(26(3)34-24-25-35(37)5)32-20-16-31(17-21-32)29-14-10-9-11-15-29/h6-25,27H,1-5H3/b8-6-,12-7-,25-24-,28-13+,34-26?. The highest BCUT2D eigenvalue weighted by atomic mass is 15.7. The van der Waals surface area contributed by atoms with E-state index in [1.54, 1.807) is 0 Å². The van der Waals surface area contributed by atoms with Gasteiger partial charge in [-0.25, -0.2) is 4.99 Å². The maximum atomic E-state index is 4.71. The monoisotopic (exact) mass is 488 g/mol. The number of aliphatic imine (C=N–C) groups is 1. The van der Waals surface area contributed by atoms with Crippen molar-refractivity contribution in [2.24, 2.45) is 4.99 Å². The smallest absolute Gasteiger partial charge is 0.124 e. The average molecular weight is 489 g/mol. The summed E-state index contributed by atoms with van der Waals surface area (Å²) in [6.45, 7) is 8.36. The van der Waals surface area contributed by atoms with Crippen LogP contribution in [-0.2, 0) is 0 Å². The highest BCUT2D eigenvalue weighted by Gasteiger charge is 2.27. The quantitative estimate of drug-likeness (QED) is 0.326. The van der Waals surface area contributed by atoms with E-state index < -0.39 is 0 Å². The molecule has 0 amide bonds. The largest absolute Gasteiger partial charge is 0.308 e. The van der Waals surface area contributed by atoms with E-state index in [0.717, 1.165) is 17.2 Å². The summed E-state index contributed by atoms with van der Waals surface area (Å²) in [6, 6.07) is 28.0. The second-order valence-electron chi connectivity index (χ2n) is 9.00. The zero-order valence-corrected chi connectivity index (χ0v) is 22.4. The first-order valence-corrected chi connectivity index (χ1v) is 12.8. The molecule has 1 aliphatic rings. The molecule has 188 valence electrons. The molecule has 37 heavy (non-hydrogen) atoms. The highest BCUT2D eigenvalue weighted by molar-refractivity contribution is 5.97. The number of hydrazine groups is 1. The van der Waals surface area contributed by atoms with Gasteiger partial charge in [0.1, 0.15) is 12.0 Å². The van der Waals surface area contributed by atoms with Crippen LogP contribution in [0.4, 0.5) is 11.4 Å². The Balaban J connectivity index is 1.68. The van der Waals surface area contributed by atoms with Crippen molar-refractivity contribution in [3.63, 3.8) is 0 Å². The molecule has 1 atom stereocenters. The van der Waals surface area contributed by atoms with Crippen LogP contribution in [-0.4, -0.2) is 24.1 Å². The Bertz CT molecular complexity index is 1310. The van der Waals surface area contributed by atoms with Crippen LogP contribution >= 0.6 is 0 Å². The number of hydrogen-bond acceptors (Lipinski definition) is 4. The zero-order valence-electron chi connectivity index (χ0n) is 22.4. The van der Waals surface area contributed by atoms with Gasteiger partial charge in [0, 0.05) is 25.1 Å². The Kier molecular flexibility index (Phi) is 8.42. The molecule has 0 saturated heterocycles. The van der Waals surface area contributed by atoms with Crippen LogP contribution in [0.5, 0.6) is 0 Å². The lowest BCUT2D eigenvalue weighted by molar-refractivity contribution is 0.368. The fraction of sp³-hybridized carbons (Fsp3) is 0.182. The summed E-state index contributed by atoms with van der Waals surface area (Å²) in [6.07, 6.45) is 14.3. The molecule has 0 saturated carbocycles. The van der Waals surface area contributed by atoms with Gasteiger partial charge in [-0.15, -0.1) is 0 Å². The predicted octanol–water partition coefficient (Wildman–Crippen LogP) is 8.30. The van der Waals surface area contributed by atoms with E-state index in [4.69, 9.17) is 4.99 Å². The molecular formula is C33H36N4. The summed E-state index contributed by atoms with van der Waals surface area (Å²) in [5, 5.41) is 4.39. The summed E-state index contributed by atoms with van der Waals surface area (Å²) < 4.78 is 0. The van der Waals surface area contributed by atoms with Gasteiger partial charge in [0.25, 0.3) is 0 Å². The number of benzene rings is 3. The molecule has 1 heterocycles. The fourth-order valence-electron chi connectivity index (χ4n) is 4.69. The minimum absolute atomic E-state index is 0.0132. The first-order chi connectivity index (χ1) is 18.0. The second-order valence-corrected chi connectivity index (χ2v) is 9.00. The van der Waals surface area contributed by atoms with E-state index >= 15 is 0 Å². The lowest BCUT2D eigenvalue weighted by atomic mass is 10.0. The van der Waals surface area contributed by atoms with Crippen molar-refractivity contribution in [2.75, 3.05) is 17.0 Å². The van der Waals surface area contributed by atoms with E-state index in [0.29, 0.717) is 0 Å². The molecular weight excluding hydrogens is 452 g/mol. The van der Waals surface area contributed by atoms with Gasteiger partial charge in [0.15, 0.2) is 0 Å². The summed E-state index contributed by atoms with van der Waals surface area (Å²) in [4.78, 5) is 6.99. The van der Waals surface area contributed by atoms with Gasteiger partial charge in [-0.2, -0.15) is 0 Å². The first-order valence-electron chi connectivity index (χ1n) is 12.8. The molecule has 1 aliphatic heterocycles. The third kappa shape index (κ3) is 5.92. The normalized spacial score (nSPS) is 17.8. The first kappa shape index (κ1) is 25.8. The summed E-state index contributed by atoms with van der Waals surface area (Å²) in [5.41, 5.74) is 6.99. The van der Waals surface area contributed by atoms with E-state index in [9.17, 15) is 0 Å². The number of rotatable bonds is 6. The van der Waals surface area contributed by atoms with Crippen LogP contribution in [0.3, 0.4) is 0 Å². The SMILES string of the molecule is C\C=C/C=C(\C=C/C)c1ccc(N2C(C)N(c3ccc(-c4ccccc4)cc3)C(C)=N/C=C\N2C)cc1. The lowest BCUT2D eigenvalue weighted by Crippen LogP contribution is -2.54. The van der Waals surface area contributed by atoms with Gasteiger partial charge in [-0.1, -0.05) is 85.0 Å². The molecule has 3 aromatic carbocycles. The number of nitrogens with zero attached hydrogens (tertiary/aromatic N) is 4. The summed E-state index contributed by atoms with van der Waals surface area (Å²) in [5.74, 6) is 0.940. The van der Waals surface area contributed by atoms with Crippen LogP contribution < -0.4 is 9.91 Å². The van der Waals surface area contributed by atoms with Crippen molar-refractivity contribution in [1.82, 2.24) is 5.01 Å². The number of allylic oxidation sites excluding steroid dienone is 6. The van der Waals surface area contributed by atoms with E-state index in [2.05, 4.69) is 133 Å². The van der Waals surface area contributed by atoms with Gasteiger partial charge >= 0.3 is 0 Å². The third-order valence-corrected chi connectivity index (χ3v) is 6.49. The van der Waals surface area contributed by atoms with Crippen molar-refractivity contribution in [2.45, 2.75) is 33.9 Å². The molecule has 0 N–H and O–H groups in total. The van der Waals surface area contributed by atoms with E-state index in [1.807, 2.05) is 38.4 Å². The second kappa shape index (κ2) is 12.1. The van der Waals surface area contributed by atoms with E-state index in [-0.39, 0.29) is 6.17 Å². The van der Waals surface area contributed by atoms with Gasteiger partial charge in [-0.3, -0.25) is 10.0 Å². The van der Waals surface area contributed by atoms with Crippen LogP contribution in [0.15, 0.2) is 127 Å². The Morgan fingerprint density at radius 3 is 2.11 bits per heavy atom. The van der Waals surface area contributed by atoms with Gasteiger partial charge in [0.2, 0.25) is 0 Å². The Morgan fingerprint density at radius 1 is 0.811 bits per heavy atom. The number of hydrogen-bond donors (Lipinski definition) is 0. The average Bonchev–Trinajstić information content (AvgIpc) is 2.92. The topological polar surface area (TPSA) is 22.1 Å². The molecule has 0 spiro atoms. The minimum atomic E-state index is -0.0132. The Hall–Kier alpha value is -4.31. The van der Waals surface area contributed by atoms with Gasteiger partial charge in [-0.05, 0) is 74.2 Å². The van der Waals surface area contributed by atoms with Crippen molar-refractivity contribution in [3.05, 3.63) is 127 Å². The molecule has 0 aliphatic carbocycles. The number of anilines is 2. The maximum Gasteiger partial charge on any atom is 0.124 e. The summed E-state index contributed by atoms with van der Waals surface area (Å²) in [7, 11) is 2.06. The maximum absolute atomic E-state index is 4.71. The highest BCUT2D eigenvalue weighted by Crippen LogP contribution is 2.30. The molecule has 1 unspecified atom stereocenters. The molecule has 0 bridgehead atoms.